The van der Waals surface area contributed by atoms with Crippen LogP contribution in [0.4, 0.5) is 0 Å². The molecule has 0 spiro atoms. The molecule has 0 bridgehead atoms. The molecule has 0 saturated carbocycles. The van der Waals surface area contributed by atoms with E-state index in [9.17, 15) is 9.59 Å². The Bertz CT molecular complexity index is 574. The third kappa shape index (κ3) is 3.15. The van der Waals surface area contributed by atoms with E-state index in [2.05, 4.69) is 0 Å². The van der Waals surface area contributed by atoms with Gasteiger partial charge in [-0.05, 0) is 44.1 Å². The van der Waals surface area contributed by atoms with Gasteiger partial charge in [-0.2, -0.15) is 5.26 Å². The number of carbonyl (C=O) groups is 2. The first kappa shape index (κ1) is 14.1. The molecule has 2 rings (SSSR count). The number of aryl methyl sites for hydroxylation is 1. The van der Waals surface area contributed by atoms with Gasteiger partial charge in [0.15, 0.2) is 11.7 Å². The zero-order valence-electron chi connectivity index (χ0n) is 11.3. The second-order valence-electron chi connectivity index (χ2n) is 4.78. The lowest BCUT2D eigenvalue weighted by Crippen LogP contribution is -2.36. The van der Waals surface area contributed by atoms with Crippen LogP contribution in [0.5, 0.6) is 0 Å². The van der Waals surface area contributed by atoms with Crippen LogP contribution in [-0.4, -0.2) is 29.7 Å². The van der Waals surface area contributed by atoms with E-state index in [-0.39, 0.29) is 0 Å². The normalized spacial score (nSPS) is 16.3. The van der Waals surface area contributed by atoms with Crippen molar-refractivity contribution in [2.75, 3.05) is 13.1 Å². The minimum atomic E-state index is -1.25. The highest BCUT2D eigenvalue weighted by Gasteiger charge is 2.30. The summed E-state index contributed by atoms with van der Waals surface area (Å²) in [4.78, 5) is 25.6. The van der Waals surface area contributed by atoms with Crippen molar-refractivity contribution in [3.05, 3.63) is 29.7 Å². The van der Waals surface area contributed by atoms with Crippen LogP contribution in [0.15, 0.2) is 22.6 Å². The molecule has 1 aromatic rings. The van der Waals surface area contributed by atoms with Gasteiger partial charge in [0.2, 0.25) is 5.91 Å². The van der Waals surface area contributed by atoms with Crippen molar-refractivity contribution in [2.45, 2.75) is 19.8 Å². The van der Waals surface area contributed by atoms with Gasteiger partial charge in [-0.25, -0.2) is 0 Å². The van der Waals surface area contributed by atoms with Gasteiger partial charge in [-0.1, -0.05) is 0 Å². The Hall–Kier alpha value is -2.35. The van der Waals surface area contributed by atoms with Crippen molar-refractivity contribution in [3.63, 3.8) is 0 Å². The standard InChI is InChI=1S/C15H16N2O3/c1-11-4-5-12(20-11)6-7-14(18)13(10-16)15(19)17-8-2-3-9-17/h4-7,13H,2-3,8-9H2,1H3/b7-6+/t13-/m0/s1. The van der Waals surface area contributed by atoms with Crippen molar-refractivity contribution in [1.29, 1.82) is 5.26 Å². The molecule has 0 aromatic carbocycles. The molecule has 1 aliphatic heterocycles. The summed E-state index contributed by atoms with van der Waals surface area (Å²) in [6.45, 7) is 3.06. The zero-order valence-corrected chi connectivity index (χ0v) is 11.3. The average Bonchev–Trinajstić information content (AvgIpc) is 3.08. The van der Waals surface area contributed by atoms with E-state index in [1.807, 2.05) is 0 Å². The van der Waals surface area contributed by atoms with Crippen molar-refractivity contribution in [2.24, 2.45) is 5.92 Å². The molecule has 1 atom stereocenters. The molecule has 1 saturated heterocycles. The molecule has 5 heteroatoms. The minimum absolute atomic E-state index is 0.393. The molecule has 1 fully saturated rings. The Morgan fingerprint density at radius 1 is 1.40 bits per heavy atom. The number of likely N-dealkylation sites (tertiary alicyclic amines) is 1. The van der Waals surface area contributed by atoms with Gasteiger partial charge in [-0.3, -0.25) is 9.59 Å². The van der Waals surface area contributed by atoms with Crippen molar-refractivity contribution in [3.8, 4) is 6.07 Å². The number of amides is 1. The van der Waals surface area contributed by atoms with E-state index in [0.29, 0.717) is 18.8 Å². The highest BCUT2D eigenvalue weighted by atomic mass is 16.3. The van der Waals surface area contributed by atoms with E-state index >= 15 is 0 Å². The third-order valence-electron chi connectivity index (χ3n) is 3.25. The Morgan fingerprint density at radius 2 is 2.10 bits per heavy atom. The Balaban J connectivity index is 2.03. The quantitative estimate of drug-likeness (QED) is 0.620. The number of carbonyl (C=O) groups excluding carboxylic acids is 2. The number of nitriles is 1. The molecule has 0 N–H and O–H groups in total. The molecule has 1 aromatic heterocycles. The van der Waals surface area contributed by atoms with Crippen molar-refractivity contribution in [1.82, 2.24) is 4.90 Å². The molecule has 20 heavy (non-hydrogen) atoms. The molecule has 0 radical (unpaired) electrons. The summed E-state index contributed by atoms with van der Waals surface area (Å²) in [6, 6.07) is 5.30. The van der Waals surface area contributed by atoms with E-state index in [4.69, 9.17) is 9.68 Å². The Morgan fingerprint density at radius 3 is 2.65 bits per heavy atom. The lowest BCUT2D eigenvalue weighted by Gasteiger charge is -2.16. The molecule has 0 aliphatic carbocycles. The molecule has 1 amide bonds. The molecule has 5 nitrogen and oxygen atoms in total. The van der Waals surface area contributed by atoms with Crippen LogP contribution in [0, 0.1) is 24.2 Å². The topological polar surface area (TPSA) is 74.3 Å². The fourth-order valence-electron chi connectivity index (χ4n) is 2.16. The maximum atomic E-state index is 12.1. The summed E-state index contributed by atoms with van der Waals surface area (Å²) < 4.78 is 5.29. The van der Waals surface area contributed by atoms with Crippen LogP contribution in [0.3, 0.4) is 0 Å². The van der Waals surface area contributed by atoms with E-state index in [1.54, 1.807) is 30.0 Å². The number of nitrogens with zero attached hydrogens (tertiary/aromatic N) is 2. The minimum Gasteiger partial charge on any atom is -0.462 e. The lowest BCUT2D eigenvalue weighted by molar-refractivity contribution is -0.136. The monoisotopic (exact) mass is 272 g/mol. The van der Waals surface area contributed by atoms with Gasteiger partial charge < -0.3 is 9.32 Å². The van der Waals surface area contributed by atoms with Crippen molar-refractivity contribution < 1.29 is 14.0 Å². The predicted molar refractivity (Wildman–Crippen MR) is 72.4 cm³/mol. The first-order valence-electron chi connectivity index (χ1n) is 6.58. The fourth-order valence-corrected chi connectivity index (χ4v) is 2.16. The Kier molecular flexibility index (Phi) is 4.36. The summed E-state index contributed by atoms with van der Waals surface area (Å²) in [5.74, 6) is -0.877. The van der Waals surface area contributed by atoms with Gasteiger partial charge in [0.1, 0.15) is 11.5 Å². The molecular weight excluding hydrogens is 256 g/mol. The predicted octanol–water partition coefficient (Wildman–Crippen LogP) is 1.93. The highest BCUT2D eigenvalue weighted by Crippen LogP contribution is 2.14. The van der Waals surface area contributed by atoms with Gasteiger partial charge >= 0.3 is 0 Å². The van der Waals surface area contributed by atoms with Crippen LogP contribution < -0.4 is 0 Å². The maximum absolute atomic E-state index is 12.1. The largest absolute Gasteiger partial charge is 0.462 e. The van der Waals surface area contributed by atoms with Gasteiger partial charge in [0.25, 0.3) is 0 Å². The van der Waals surface area contributed by atoms with Gasteiger partial charge in [0, 0.05) is 13.1 Å². The summed E-state index contributed by atoms with van der Waals surface area (Å²) >= 11 is 0. The summed E-state index contributed by atoms with van der Waals surface area (Å²) in [6.07, 6.45) is 4.58. The SMILES string of the molecule is Cc1ccc(/C=C/C(=O)[C@H](C#N)C(=O)N2CCCC2)o1. The maximum Gasteiger partial charge on any atom is 0.247 e. The zero-order chi connectivity index (χ0) is 14.5. The van der Waals surface area contributed by atoms with Crippen molar-refractivity contribution >= 4 is 17.8 Å². The molecular formula is C15H16N2O3. The van der Waals surface area contributed by atoms with E-state index in [1.165, 1.54) is 12.2 Å². The molecule has 1 aliphatic rings. The molecule has 0 unspecified atom stereocenters. The third-order valence-corrected chi connectivity index (χ3v) is 3.25. The van der Waals surface area contributed by atoms with Crippen LogP contribution in [-0.2, 0) is 9.59 Å². The second kappa shape index (κ2) is 6.20. The smallest absolute Gasteiger partial charge is 0.247 e. The average molecular weight is 272 g/mol. The first-order chi connectivity index (χ1) is 9.61. The van der Waals surface area contributed by atoms with Gasteiger partial charge in [0.05, 0.1) is 6.07 Å². The summed E-state index contributed by atoms with van der Waals surface area (Å²) in [7, 11) is 0. The number of furan rings is 1. The molecule has 2 heterocycles. The Labute approximate surface area is 117 Å². The number of allylic oxidation sites excluding steroid dienone is 1. The van der Waals surface area contributed by atoms with E-state index < -0.39 is 17.6 Å². The first-order valence-corrected chi connectivity index (χ1v) is 6.58. The second-order valence-corrected chi connectivity index (χ2v) is 4.78. The van der Waals surface area contributed by atoms with Crippen LogP contribution in [0.25, 0.3) is 6.08 Å². The number of hydrogen-bond donors (Lipinski definition) is 0. The fraction of sp³-hybridized carbons (Fsp3) is 0.400. The molecule has 104 valence electrons. The summed E-state index contributed by atoms with van der Waals surface area (Å²) in [5.41, 5.74) is 0. The van der Waals surface area contributed by atoms with Crippen LogP contribution in [0.2, 0.25) is 0 Å². The number of ketones is 1. The van der Waals surface area contributed by atoms with Crippen LogP contribution in [0.1, 0.15) is 24.4 Å². The van der Waals surface area contributed by atoms with Crippen LogP contribution >= 0.6 is 0 Å². The number of rotatable bonds is 4. The lowest BCUT2D eigenvalue weighted by atomic mass is 10.0. The number of hydrogen-bond acceptors (Lipinski definition) is 4. The summed E-state index contributed by atoms with van der Waals surface area (Å²) in [5, 5.41) is 9.05. The van der Waals surface area contributed by atoms with E-state index in [0.717, 1.165) is 18.6 Å². The highest BCUT2D eigenvalue weighted by molar-refractivity contribution is 6.10. The van der Waals surface area contributed by atoms with Gasteiger partial charge in [-0.15, -0.1) is 0 Å².